The maximum Gasteiger partial charge on any atom is 0.322 e. The Kier molecular flexibility index (Phi) is 6.47. The van der Waals surface area contributed by atoms with E-state index in [-0.39, 0.29) is 12.6 Å². The SMILES string of the molecule is COC(=O)C(Br)COc1c(Br)cc(Br)cc1Br. The van der Waals surface area contributed by atoms with Crippen molar-refractivity contribution in [1.29, 1.82) is 0 Å². The Labute approximate surface area is 133 Å². The molecule has 0 N–H and O–H groups in total. The predicted molar refractivity (Wildman–Crippen MR) is 79.8 cm³/mol. The van der Waals surface area contributed by atoms with E-state index in [4.69, 9.17) is 4.74 Å². The number of esters is 1. The van der Waals surface area contributed by atoms with Crippen LogP contribution < -0.4 is 4.74 Å². The molecule has 0 aliphatic heterocycles. The fraction of sp³-hybridized carbons (Fsp3) is 0.300. The van der Waals surface area contributed by atoms with Gasteiger partial charge in [-0.2, -0.15) is 0 Å². The quantitative estimate of drug-likeness (QED) is 0.462. The van der Waals surface area contributed by atoms with Gasteiger partial charge in [0.25, 0.3) is 0 Å². The number of carbonyl (C=O) groups is 1. The van der Waals surface area contributed by atoms with Crippen LogP contribution in [0.3, 0.4) is 0 Å². The van der Waals surface area contributed by atoms with Gasteiger partial charge in [0, 0.05) is 4.47 Å². The minimum absolute atomic E-state index is 0.186. The molecule has 1 rings (SSSR count). The number of methoxy groups -OCH3 is 1. The van der Waals surface area contributed by atoms with Crippen LogP contribution in [-0.2, 0) is 9.53 Å². The molecule has 0 saturated heterocycles. The maximum absolute atomic E-state index is 11.2. The monoisotopic (exact) mass is 492 g/mol. The zero-order valence-electron chi connectivity index (χ0n) is 8.68. The number of hydrogen-bond donors (Lipinski definition) is 0. The lowest BCUT2D eigenvalue weighted by atomic mass is 10.3. The van der Waals surface area contributed by atoms with Gasteiger partial charge in [0.2, 0.25) is 0 Å². The summed E-state index contributed by atoms with van der Waals surface area (Å²) in [4.78, 5) is 10.7. The Morgan fingerprint density at radius 3 is 2.29 bits per heavy atom. The topological polar surface area (TPSA) is 35.5 Å². The van der Waals surface area contributed by atoms with Crippen molar-refractivity contribution in [2.24, 2.45) is 0 Å². The lowest BCUT2D eigenvalue weighted by Gasteiger charge is -2.13. The number of hydrogen-bond acceptors (Lipinski definition) is 3. The van der Waals surface area contributed by atoms with Crippen molar-refractivity contribution in [2.45, 2.75) is 4.83 Å². The predicted octanol–water partition coefficient (Wildman–Crippen LogP) is 4.29. The van der Waals surface area contributed by atoms with Gasteiger partial charge in [-0.15, -0.1) is 0 Å². The summed E-state index contributed by atoms with van der Waals surface area (Å²) in [7, 11) is 1.34. The van der Waals surface area contributed by atoms with Crippen molar-refractivity contribution in [3.8, 4) is 5.75 Å². The Balaban J connectivity index is 2.73. The molecule has 0 heterocycles. The van der Waals surface area contributed by atoms with E-state index < -0.39 is 4.83 Å². The first-order chi connectivity index (χ1) is 7.95. The van der Waals surface area contributed by atoms with Gasteiger partial charge in [-0.05, 0) is 44.0 Å². The molecular formula is C10H8Br4O3. The minimum atomic E-state index is -0.491. The van der Waals surface area contributed by atoms with Gasteiger partial charge in [-0.3, -0.25) is 4.79 Å². The zero-order chi connectivity index (χ0) is 13.0. The molecule has 17 heavy (non-hydrogen) atoms. The minimum Gasteiger partial charge on any atom is -0.489 e. The van der Waals surface area contributed by atoms with Crippen LogP contribution in [0.5, 0.6) is 5.75 Å². The summed E-state index contributed by atoms with van der Waals surface area (Å²) in [6.07, 6.45) is 0. The highest BCUT2D eigenvalue weighted by molar-refractivity contribution is 9.11. The summed E-state index contributed by atoms with van der Waals surface area (Å²) in [5.41, 5.74) is 0. The van der Waals surface area contributed by atoms with Gasteiger partial charge in [0.15, 0.2) is 0 Å². The van der Waals surface area contributed by atoms with Gasteiger partial charge in [0.1, 0.15) is 17.2 Å². The molecule has 3 nitrogen and oxygen atoms in total. The van der Waals surface area contributed by atoms with Crippen molar-refractivity contribution < 1.29 is 14.3 Å². The highest BCUT2D eigenvalue weighted by atomic mass is 79.9. The lowest BCUT2D eigenvalue weighted by Crippen LogP contribution is -2.23. The third kappa shape index (κ3) is 4.54. The molecule has 94 valence electrons. The van der Waals surface area contributed by atoms with Crippen LogP contribution in [-0.4, -0.2) is 24.5 Å². The van der Waals surface area contributed by atoms with Crippen LogP contribution in [0.15, 0.2) is 25.6 Å². The largest absolute Gasteiger partial charge is 0.489 e. The normalized spacial score (nSPS) is 12.1. The Morgan fingerprint density at radius 1 is 1.29 bits per heavy atom. The van der Waals surface area contributed by atoms with Crippen LogP contribution >= 0.6 is 63.7 Å². The fourth-order valence-corrected chi connectivity index (χ4v) is 3.83. The summed E-state index contributed by atoms with van der Waals surface area (Å²) in [5, 5.41) is 0. The number of rotatable bonds is 4. The molecule has 0 aliphatic carbocycles. The molecule has 1 aromatic carbocycles. The summed E-state index contributed by atoms with van der Waals surface area (Å²) in [5.74, 6) is 0.274. The average Bonchev–Trinajstić information content (AvgIpc) is 2.26. The van der Waals surface area contributed by atoms with Gasteiger partial charge in [0.05, 0.1) is 16.1 Å². The van der Waals surface area contributed by atoms with E-state index in [1.165, 1.54) is 7.11 Å². The van der Waals surface area contributed by atoms with Crippen molar-refractivity contribution in [1.82, 2.24) is 0 Å². The van der Waals surface area contributed by atoms with E-state index in [2.05, 4.69) is 68.5 Å². The highest BCUT2D eigenvalue weighted by Crippen LogP contribution is 2.36. The molecule has 1 atom stereocenters. The number of benzene rings is 1. The molecule has 0 radical (unpaired) electrons. The Hall–Kier alpha value is 0.410. The van der Waals surface area contributed by atoms with Crippen LogP contribution in [0.1, 0.15) is 0 Å². The van der Waals surface area contributed by atoms with E-state index >= 15 is 0 Å². The lowest BCUT2D eigenvalue weighted by molar-refractivity contribution is -0.140. The summed E-state index contributed by atoms with van der Waals surface area (Å²) < 4.78 is 12.6. The fourth-order valence-electron chi connectivity index (χ4n) is 1.02. The van der Waals surface area contributed by atoms with E-state index in [0.717, 1.165) is 13.4 Å². The third-order valence-electron chi connectivity index (χ3n) is 1.79. The van der Waals surface area contributed by atoms with Gasteiger partial charge >= 0.3 is 5.97 Å². The zero-order valence-corrected chi connectivity index (χ0v) is 15.0. The van der Waals surface area contributed by atoms with Crippen molar-refractivity contribution in [3.63, 3.8) is 0 Å². The molecule has 0 spiro atoms. The Bertz CT molecular complexity index is 399. The van der Waals surface area contributed by atoms with Crippen LogP contribution in [0.25, 0.3) is 0 Å². The maximum atomic E-state index is 11.2. The van der Waals surface area contributed by atoms with Gasteiger partial charge in [-0.1, -0.05) is 31.9 Å². The molecule has 0 amide bonds. The molecule has 0 saturated carbocycles. The number of alkyl halides is 1. The van der Waals surface area contributed by atoms with E-state index in [1.54, 1.807) is 0 Å². The van der Waals surface area contributed by atoms with E-state index in [9.17, 15) is 4.79 Å². The number of halogens is 4. The summed E-state index contributed by atoms with van der Waals surface area (Å²) in [6.45, 7) is 0.186. The summed E-state index contributed by atoms with van der Waals surface area (Å²) >= 11 is 13.3. The first-order valence-corrected chi connectivity index (χ1v) is 7.74. The van der Waals surface area contributed by atoms with Crippen molar-refractivity contribution in [2.75, 3.05) is 13.7 Å². The molecule has 0 fully saturated rings. The molecule has 1 aromatic rings. The number of carbonyl (C=O) groups excluding carboxylic acids is 1. The van der Waals surface area contributed by atoms with E-state index in [1.807, 2.05) is 12.1 Å². The third-order valence-corrected chi connectivity index (χ3v) is 4.07. The molecule has 0 aromatic heterocycles. The first kappa shape index (κ1) is 15.5. The smallest absolute Gasteiger partial charge is 0.322 e. The second-order valence-corrected chi connectivity index (χ2v) is 6.73. The second kappa shape index (κ2) is 7.11. The molecule has 0 aliphatic rings. The van der Waals surface area contributed by atoms with Crippen LogP contribution in [0, 0.1) is 0 Å². The molecule has 1 unspecified atom stereocenters. The van der Waals surface area contributed by atoms with Gasteiger partial charge < -0.3 is 9.47 Å². The van der Waals surface area contributed by atoms with Crippen molar-refractivity contribution in [3.05, 3.63) is 25.6 Å². The molecular weight excluding hydrogens is 488 g/mol. The van der Waals surface area contributed by atoms with Gasteiger partial charge in [-0.25, -0.2) is 0 Å². The van der Waals surface area contributed by atoms with Crippen molar-refractivity contribution >= 4 is 69.7 Å². The highest BCUT2D eigenvalue weighted by Gasteiger charge is 2.17. The second-order valence-electron chi connectivity index (χ2n) is 3.00. The standard InChI is InChI=1S/C10H8Br4O3/c1-16-10(15)8(14)4-17-9-6(12)2-5(11)3-7(9)13/h2-3,8H,4H2,1H3. The average molecular weight is 496 g/mol. The molecule has 0 bridgehead atoms. The van der Waals surface area contributed by atoms with E-state index in [0.29, 0.717) is 5.75 Å². The number of ether oxygens (including phenoxy) is 2. The van der Waals surface area contributed by atoms with Crippen LogP contribution in [0.2, 0.25) is 0 Å². The Morgan fingerprint density at radius 2 is 1.82 bits per heavy atom. The molecule has 7 heteroatoms. The van der Waals surface area contributed by atoms with Crippen LogP contribution in [0.4, 0.5) is 0 Å². The first-order valence-electron chi connectivity index (χ1n) is 4.45. The summed E-state index contributed by atoms with van der Waals surface area (Å²) in [6, 6.07) is 3.73.